The topological polar surface area (TPSA) is 59.2 Å². The minimum Gasteiger partial charge on any atom is -0.507 e. The molecule has 0 saturated carbocycles. The van der Waals surface area contributed by atoms with Crippen LogP contribution in [0.4, 0.5) is 0 Å². The maximum absolute atomic E-state index is 10.6. The van der Waals surface area contributed by atoms with E-state index in [4.69, 9.17) is 14.4 Å². The molecule has 4 heteroatoms. The second kappa shape index (κ2) is 10.3. The van der Waals surface area contributed by atoms with Gasteiger partial charge in [0.15, 0.2) is 5.58 Å². The lowest BCUT2D eigenvalue weighted by molar-refractivity contribution is 0.474. The van der Waals surface area contributed by atoms with Crippen molar-refractivity contribution in [1.82, 2.24) is 9.97 Å². The molecule has 0 saturated heterocycles. The first kappa shape index (κ1) is 27.5. The van der Waals surface area contributed by atoms with E-state index < -0.39 is 0 Å². The van der Waals surface area contributed by atoms with Gasteiger partial charge in [-0.1, -0.05) is 84.0 Å². The molecule has 0 amide bonds. The van der Waals surface area contributed by atoms with Crippen LogP contribution < -0.4 is 0 Å². The van der Waals surface area contributed by atoms with Crippen LogP contribution in [-0.4, -0.2) is 15.1 Å². The van der Waals surface area contributed by atoms with Gasteiger partial charge in [0, 0.05) is 17.3 Å². The molecule has 6 aromatic rings. The summed E-state index contributed by atoms with van der Waals surface area (Å²) in [6, 6.07) is 32.8. The SMILES string of the molecule is CC(C)(C)c1ccnc(-c2cc(-c3ccccc3)cc(-c3cc(C(C)(C)C)cc4oc(-c5ccccc5O)nc34)c2)c1. The van der Waals surface area contributed by atoms with Crippen LogP contribution in [0.1, 0.15) is 52.7 Å². The predicted molar refractivity (Wildman–Crippen MR) is 173 cm³/mol. The Balaban J connectivity index is 1.63. The molecule has 0 radical (unpaired) electrons. The molecule has 0 fully saturated rings. The Morgan fingerprint density at radius 2 is 1.26 bits per heavy atom. The summed E-state index contributed by atoms with van der Waals surface area (Å²) < 4.78 is 6.33. The van der Waals surface area contributed by atoms with Crippen LogP contribution in [0.3, 0.4) is 0 Å². The number of para-hydroxylation sites is 1. The lowest BCUT2D eigenvalue weighted by Gasteiger charge is -2.21. The van der Waals surface area contributed by atoms with Crippen LogP contribution in [0.5, 0.6) is 5.75 Å². The molecule has 0 unspecified atom stereocenters. The fourth-order valence-corrected chi connectivity index (χ4v) is 5.24. The highest BCUT2D eigenvalue weighted by atomic mass is 16.3. The molecular formula is C38H36N2O2. The molecule has 1 N–H and O–H groups in total. The molecule has 6 rings (SSSR count). The van der Waals surface area contributed by atoms with Gasteiger partial charge in [0.1, 0.15) is 11.3 Å². The average Bonchev–Trinajstić information content (AvgIpc) is 3.40. The van der Waals surface area contributed by atoms with E-state index in [0.717, 1.165) is 44.6 Å². The second-order valence-corrected chi connectivity index (χ2v) is 13.0. The average molecular weight is 553 g/mol. The van der Waals surface area contributed by atoms with Crippen molar-refractivity contribution in [3.63, 3.8) is 0 Å². The zero-order valence-corrected chi connectivity index (χ0v) is 25.1. The summed E-state index contributed by atoms with van der Waals surface area (Å²) in [5.74, 6) is 0.536. The fraction of sp³-hybridized carbons (Fsp3) is 0.211. The molecule has 4 nitrogen and oxygen atoms in total. The third-order valence-electron chi connectivity index (χ3n) is 7.77. The summed E-state index contributed by atoms with van der Waals surface area (Å²) in [6.45, 7) is 13.3. The maximum Gasteiger partial charge on any atom is 0.231 e. The Labute approximate surface area is 247 Å². The van der Waals surface area contributed by atoms with Crippen LogP contribution in [0.15, 0.2) is 108 Å². The second-order valence-electron chi connectivity index (χ2n) is 13.0. The number of hydrogen-bond donors (Lipinski definition) is 1. The third kappa shape index (κ3) is 5.33. The molecule has 0 aliphatic heterocycles. The van der Waals surface area contributed by atoms with Gasteiger partial charge in [0.2, 0.25) is 5.89 Å². The molecule has 0 aliphatic carbocycles. The van der Waals surface area contributed by atoms with Gasteiger partial charge in [0.25, 0.3) is 0 Å². The van der Waals surface area contributed by atoms with E-state index in [-0.39, 0.29) is 16.6 Å². The molecular weight excluding hydrogens is 516 g/mol. The standard InChI is InChI=1S/C38H36N2O2/c1-37(2,3)28-16-17-39-32(22-28)27-19-25(24-12-8-7-9-13-24)18-26(20-27)31-21-29(38(4,5)6)23-34-35(31)40-36(42-34)30-14-10-11-15-33(30)41/h7-23,41H,1-6H3. The van der Waals surface area contributed by atoms with E-state index in [1.165, 1.54) is 5.56 Å². The van der Waals surface area contributed by atoms with Gasteiger partial charge in [-0.3, -0.25) is 4.98 Å². The van der Waals surface area contributed by atoms with Crippen molar-refractivity contribution >= 4 is 11.1 Å². The minimum atomic E-state index is -0.118. The Morgan fingerprint density at radius 1 is 0.595 bits per heavy atom. The monoisotopic (exact) mass is 552 g/mol. The zero-order chi connectivity index (χ0) is 29.6. The minimum absolute atomic E-state index is 0.00484. The zero-order valence-electron chi connectivity index (χ0n) is 25.1. The summed E-state index contributed by atoms with van der Waals surface area (Å²) >= 11 is 0. The van der Waals surface area contributed by atoms with E-state index in [9.17, 15) is 5.11 Å². The van der Waals surface area contributed by atoms with Gasteiger partial charge in [-0.05, 0) is 93.2 Å². The molecule has 4 aromatic carbocycles. The Hall–Kier alpha value is -4.70. The molecule has 0 spiro atoms. The first-order valence-electron chi connectivity index (χ1n) is 14.4. The maximum atomic E-state index is 10.6. The van der Waals surface area contributed by atoms with Gasteiger partial charge in [-0.2, -0.15) is 0 Å². The van der Waals surface area contributed by atoms with E-state index in [0.29, 0.717) is 17.0 Å². The number of pyridine rings is 1. The summed E-state index contributed by atoms with van der Waals surface area (Å²) in [5, 5.41) is 10.6. The number of rotatable bonds is 4. The number of fused-ring (bicyclic) bond motifs is 1. The van der Waals surface area contributed by atoms with Crippen LogP contribution in [0.2, 0.25) is 0 Å². The van der Waals surface area contributed by atoms with Crippen molar-refractivity contribution in [3.8, 4) is 50.7 Å². The number of oxazole rings is 1. The highest BCUT2D eigenvalue weighted by molar-refractivity contribution is 5.95. The van der Waals surface area contributed by atoms with Crippen molar-refractivity contribution in [2.24, 2.45) is 0 Å². The lowest BCUT2D eigenvalue weighted by Crippen LogP contribution is -2.11. The molecule has 0 atom stereocenters. The largest absolute Gasteiger partial charge is 0.507 e. The van der Waals surface area contributed by atoms with E-state index in [1.807, 2.05) is 24.4 Å². The van der Waals surface area contributed by atoms with Gasteiger partial charge in [0.05, 0.1) is 11.3 Å². The number of aromatic hydroxyl groups is 1. The Morgan fingerprint density at radius 3 is 1.98 bits per heavy atom. The van der Waals surface area contributed by atoms with E-state index >= 15 is 0 Å². The van der Waals surface area contributed by atoms with Gasteiger partial charge in [-0.25, -0.2) is 4.98 Å². The summed E-state index contributed by atoms with van der Waals surface area (Å²) in [6.07, 6.45) is 1.90. The van der Waals surface area contributed by atoms with Crippen LogP contribution in [0, 0.1) is 0 Å². The smallest absolute Gasteiger partial charge is 0.231 e. The van der Waals surface area contributed by atoms with Crippen molar-refractivity contribution in [2.45, 2.75) is 52.4 Å². The summed E-state index contributed by atoms with van der Waals surface area (Å²) in [7, 11) is 0. The van der Waals surface area contributed by atoms with Crippen molar-refractivity contribution in [2.75, 3.05) is 0 Å². The summed E-state index contributed by atoms with van der Waals surface area (Å²) in [5.41, 5.74) is 10.5. The first-order chi connectivity index (χ1) is 20.0. The van der Waals surface area contributed by atoms with Crippen LogP contribution in [0.25, 0.3) is 56.1 Å². The van der Waals surface area contributed by atoms with Gasteiger partial charge >= 0.3 is 0 Å². The molecule has 0 aliphatic rings. The number of hydrogen-bond acceptors (Lipinski definition) is 4. The summed E-state index contributed by atoms with van der Waals surface area (Å²) in [4.78, 5) is 9.76. The number of aromatic nitrogens is 2. The number of phenols is 1. The number of phenolic OH excluding ortho intramolecular Hbond substituents is 1. The van der Waals surface area contributed by atoms with Crippen molar-refractivity contribution in [3.05, 3.63) is 114 Å². The first-order valence-corrected chi connectivity index (χ1v) is 14.4. The Kier molecular flexibility index (Phi) is 6.73. The molecule has 2 heterocycles. The molecule has 42 heavy (non-hydrogen) atoms. The van der Waals surface area contributed by atoms with Crippen molar-refractivity contribution < 1.29 is 9.52 Å². The lowest BCUT2D eigenvalue weighted by atomic mass is 9.84. The quantitative estimate of drug-likeness (QED) is 0.236. The van der Waals surface area contributed by atoms with Gasteiger partial charge in [-0.15, -0.1) is 0 Å². The number of benzene rings is 4. The fourth-order valence-electron chi connectivity index (χ4n) is 5.24. The third-order valence-corrected chi connectivity index (χ3v) is 7.77. The highest BCUT2D eigenvalue weighted by Gasteiger charge is 2.22. The predicted octanol–water partition coefficient (Wildman–Crippen LogP) is 10.2. The Bertz CT molecular complexity index is 1900. The van der Waals surface area contributed by atoms with E-state index in [1.54, 1.807) is 12.1 Å². The van der Waals surface area contributed by atoms with Gasteiger partial charge < -0.3 is 9.52 Å². The highest BCUT2D eigenvalue weighted by Crippen LogP contribution is 2.41. The van der Waals surface area contributed by atoms with Crippen LogP contribution in [-0.2, 0) is 10.8 Å². The van der Waals surface area contributed by atoms with Crippen molar-refractivity contribution in [1.29, 1.82) is 0 Å². The molecule has 2 aromatic heterocycles. The van der Waals surface area contributed by atoms with E-state index in [2.05, 4.69) is 108 Å². The van der Waals surface area contributed by atoms with Crippen LogP contribution >= 0.6 is 0 Å². The number of nitrogens with zero attached hydrogens (tertiary/aromatic N) is 2. The molecule has 210 valence electrons. The molecule has 0 bridgehead atoms. The normalized spacial score (nSPS) is 12.1.